The van der Waals surface area contributed by atoms with E-state index >= 15 is 0 Å². The monoisotopic (exact) mass is 369 g/mol. The molecule has 0 fully saturated rings. The number of sulfonamides is 1. The van der Waals surface area contributed by atoms with Crippen molar-refractivity contribution in [1.82, 2.24) is 14.9 Å². The van der Waals surface area contributed by atoms with Gasteiger partial charge in [0.2, 0.25) is 0 Å². The van der Waals surface area contributed by atoms with Gasteiger partial charge < -0.3 is 15.5 Å². The summed E-state index contributed by atoms with van der Waals surface area (Å²) in [6.07, 6.45) is 1.55. The second-order valence-corrected chi connectivity index (χ2v) is 7.84. The van der Waals surface area contributed by atoms with Crippen molar-refractivity contribution in [3.63, 3.8) is 0 Å². The zero-order valence-electron chi connectivity index (χ0n) is 13.9. The lowest BCUT2D eigenvalue weighted by atomic mass is 10.3. The van der Waals surface area contributed by atoms with E-state index in [2.05, 4.69) is 20.3 Å². The van der Waals surface area contributed by atoms with Crippen molar-refractivity contribution in [3.05, 3.63) is 24.3 Å². The Morgan fingerprint density at radius 3 is 2.83 bits per heavy atom. The van der Waals surface area contributed by atoms with Gasteiger partial charge in [0, 0.05) is 31.7 Å². The maximum Gasteiger partial charge on any atom is 0.262 e. The van der Waals surface area contributed by atoms with Gasteiger partial charge in [-0.15, -0.1) is 0 Å². The van der Waals surface area contributed by atoms with E-state index in [1.54, 1.807) is 24.3 Å². The summed E-state index contributed by atoms with van der Waals surface area (Å²) in [5, 5.41) is 6.53. The number of likely N-dealkylation sites (N-methyl/N-ethyl adjacent to an activating group) is 1. The average molecular weight is 370 g/mol. The molecule has 0 radical (unpaired) electrons. The highest BCUT2D eigenvalue weighted by atomic mass is 32.2. The van der Waals surface area contributed by atoms with Gasteiger partial charge in [0.05, 0.1) is 4.90 Å². The summed E-state index contributed by atoms with van der Waals surface area (Å²) in [6, 6.07) is 6.55. The van der Waals surface area contributed by atoms with Crippen LogP contribution in [0.15, 0.2) is 34.2 Å². The van der Waals surface area contributed by atoms with Gasteiger partial charge in [-0.3, -0.25) is 9.71 Å². The maximum absolute atomic E-state index is 12.4. The van der Waals surface area contributed by atoms with E-state index in [0.29, 0.717) is 36.1 Å². The number of nitrogens with one attached hydrogen (secondary N) is 3. The highest BCUT2D eigenvalue weighted by Gasteiger charge is 2.18. The van der Waals surface area contributed by atoms with Crippen LogP contribution in [0.25, 0.3) is 0 Å². The Balaban J connectivity index is 1.99. The molecule has 1 aliphatic rings. The molecule has 1 aromatic carbocycles. The molecule has 0 unspecified atom stereocenters. The molecular weight excluding hydrogens is 346 g/mol. The first-order chi connectivity index (χ1) is 11.4. The number of amidine groups is 1. The average Bonchev–Trinajstić information content (AvgIpc) is 2.99. The molecule has 0 aliphatic carbocycles. The summed E-state index contributed by atoms with van der Waals surface area (Å²) in [7, 11) is 0.339. The van der Waals surface area contributed by atoms with E-state index in [9.17, 15) is 8.42 Å². The first kappa shape index (κ1) is 18.6. The second-order valence-electron chi connectivity index (χ2n) is 5.75. The second kappa shape index (κ2) is 8.41. The van der Waals surface area contributed by atoms with E-state index in [0.717, 1.165) is 13.0 Å². The highest BCUT2D eigenvalue weighted by Crippen LogP contribution is 2.16. The number of aliphatic imine (C=N–C) groups is 1. The summed E-state index contributed by atoms with van der Waals surface area (Å²) >= 11 is 5.22. The van der Waals surface area contributed by atoms with Crippen LogP contribution in [-0.2, 0) is 10.0 Å². The van der Waals surface area contributed by atoms with Crippen molar-refractivity contribution in [2.45, 2.75) is 17.7 Å². The molecule has 0 aromatic heterocycles. The summed E-state index contributed by atoms with van der Waals surface area (Å²) in [5.41, 5.74) is 0.619. The first-order valence-electron chi connectivity index (χ1n) is 7.72. The fourth-order valence-corrected chi connectivity index (χ4v) is 3.50. The van der Waals surface area contributed by atoms with Gasteiger partial charge in [0.25, 0.3) is 10.0 Å². The third-order valence-electron chi connectivity index (χ3n) is 3.37. The molecule has 132 valence electrons. The van der Waals surface area contributed by atoms with E-state index in [1.165, 1.54) is 0 Å². The van der Waals surface area contributed by atoms with E-state index < -0.39 is 10.0 Å². The third-order valence-corrected chi connectivity index (χ3v) is 5.00. The van der Waals surface area contributed by atoms with Gasteiger partial charge in [0.15, 0.2) is 5.11 Å². The van der Waals surface area contributed by atoms with Crippen molar-refractivity contribution in [1.29, 1.82) is 0 Å². The van der Waals surface area contributed by atoms with Crippen molar-refractivity contribution >= 4 is 38.9 Å². The van der Waals surface area contributed by atoms with Crippen molar-refractivity contribution in [3.8, 4) is 0 Å². The lowest BCUT2D eigenvalue weighted by Gasteiger charge is -2.14. The predicted molar refractivity (Wildman–Crippen MR) is 101 cm³/mol. The van der Waals surface area contributed by atoms with Gasteiger partial charge in [-0.25, -0.2) is 8.42 Å². The molecule has 0 atom stereocenters. The number of thiocarbonyl (C=S) groups is 1. The zero-order chi connectivity index (χ0) is 17.6. The summed E-state index contributed by atoms with van der Waals surface area (Å²) < 4.78 is 27.3. The Morgan fingerprint density at radius 2 is 2.17 bits per heavy atom. The molecular formula is C15H23N5O2S2. The summed E-state index contributed by atoms with van der Waals surface area (Å²) in [4.78, 5) is 6.36. The Kier molecular flexibility index (Phi) is 6.52. The maximum atomic E-state index is 12.4. The van der Waals surface area contributed by atoms with Crippen molar-refractivity contribution in [2.75, 3.05) is 39.0 Å². The minimum atomic E-state index is -3.62. The Morgan fingerprint density at radius 1 is 1.38 bits per heavy atom. The molecule has 1 heterocycles. The van der Waals surface area contributed by atoms with Crippen LogP contribution in [0.2, 0.25) is 0 Å². The molecule has 1 aliphatic heterocycles. The molecule has 1 aromatic rings. The molecule has 0 spiro atoms. The minimum Gasteiger partial charge on any atom is -0.361 e. The van der Waals surface area contributed by atoms with Crippen LogP contribution in [0.5, 0.6) is 0 Å². The number of benzene rings is 1. The summed E-state index contributed by atoms with van der Waals surface area (Å²) in [5.74, 6) is 0.522. The number of hydrogen-bond donors (Lipinski definition) is 3. The molecule has 24 heavy (non-hydrogen) atoms. The Bertz CT molecular complexity index is 716. The van der Waals surface area contributed by atoms with Crippen LogP contribution in [0.3, 0.4) is 0 Å². The normalized spacial score (nSPS) is 14.4. The van der Waals surface area contributed by atoms with Crippen LogP contribution >= 0.6 is 12.2 Å². The van der Waals surface area contributed by atoms with Gasteiger partial charge in [-0.05, 0) is 50.9 Å². The van der Waals surface area contributed by atoms with E-state index in [-0.39, 0.29) is 4.90 Å². The van der Waals surface area contributed by atoms with E-state index in [1.807, 2.05) is 19.0 Å². The van der Waals surface area contributed by atoms with Gasteiger partial charge in [-0.2, -0.15) is 0 Å². The Hall–Kier alpha value is -1.71. The first-order valence-corrected chi connectivity index (χ1v) is 9.62. The number of nitrogens with zero attached hydrogens (tertiary/aromatic N) is 2. The van der Waals surface area contributed by atoms with Gasteiger partial charge in [-0.1, -0.05) is 6.07 Å². The van der Waals surface area contributed by atoms with Crippen LogP contribution < -0.4 is 15.4 Å². The largest absolute Gasteiger partial charge is 0.361 e. The standard InChI is InChI=1S/C15H23N5O2S2/c1-20(2)10-9-17-15(23)18-12-5-3-6-13(11-12)24(21,22)19-14-7-4-8-16-14/h3,5-6,11H,4,7-10H2,1-2H3,(H,16,19)(H2,17,18,23). The molecule has 2 rings (SSSR count). The SMILES string of the molecule is CN(C)CCNC(=S)Nc1cccc(S(=O)(=O)NC2=NCCC2)c1. The fourth-order valence-electron chi connectivity index (χ4n) is 2.15. The van der Waals surface area contributed by atoms with Gasteiger partial charge in [0.1, 0.15) is 5.84 Å². The molecule has 0 amide bonds. The molecule has 9 heteroatoms. The van der Waals surface area contributed by atoms with Crippen LogP contribution in [-0.4, -0.2) is 58.0 Å². The summed E-state index contributed by atoms with van der Waals surface area (Å²) in [6.45, 7) is 2.23. The van der Waals surface area contributed by atoms with Crippen molar-refractivity contribution in [2.24, 2.45) is 4.99 Å². The molecule has 0 bridgehead atoms. The topological polar surface area (TPSA) is 85.8 Å². The minimum absolute atomic E-state index is 0.179. The van der Waals surface area contributed by atoms with Crippen molar-refractivity contribution < 1.29 is 8.42 Å². The fraction of sp³-hybridized carbons (Fsp3) is 0.467. The van der Waals surface area contributed by atoms with Gasteiger partial charge >= 0.3 is 0 Å². The highest BCUT2D eigenvalue weighted by molar-refractivity contribution is 7.90. The molecule has 0 saturated heterocycles. The Labute approximate surface area is 148 Å². The molecule has 0 saturated carbocycles. The quantitative estimate of drug-likeness (QED) is 0.649. The smallest absolute Gasteiger partial charge is 0.262 e. The molecule has 3 N–H and O–H groups in total. The lowest BCUT2D eigenvalue weighted by molar-refractivity contribution is 0.413. The number of rotatable bonds is 6. The number of hydrogen-bond acceptors (Lipinski definition) is 5. The van der Waals surface area contributed by atoms with E-state index in [4.69, 9.17) is 12.2 Å². The predicted octanol–water partition coefficient (Wildman–Crippen LogP) is 1.01. The number of anilines is 1. The molecule has 7 nitrogen and oxygen atoms in total. The third kappa shape index (κ3) is 5.73. The van der Waals surface area contributed by atoms with Crippen LogP contribution in [0.4, 0.5) is 5.69 Å². The zero-order valence-corrected chi connectivity index (χ0v) is 15.5. The van der Waals surface area contributed by atoms with Crippen LogP contribution in [0, 0.1) is 0 Å². The lowest BCUT2D eigenvalue weighted by Crippen LogP contribution is -2.34. The van der Waals surface area contributed by atoms with Crippen LogP contribution in [0.1, 0.15) is 12.8 Å².